The fourth-order valence-electron chi connectivity index (χ4n) is 1.97. The molecule has 70 valence electrons. The molecule has 14 heavy (non-hydrogen) atoms. The second kappa shape index (κ2) is 3.55. The number of nitrogen functional groups attached to an aromatic ring is 1. The third-order valence-corrected chi connectivity index (χ3v) is 2.64. The zero-order chi connectivity index (χ0) is 9.97. The molecule has 0 bridgehead atoms. The lowest BCUT2D eigenvalue weighted by atomic mass is 9.93. The van der Waals surface area contributed by atoms with Gasteiger partial charge in [-0.2, -0.15) is 5.26 Å². The summed E-state index contributed by atoms with van der Waals surface area (Å²) in [5.74, 6) is 0.339. The monoisotopic (exact) mass is 184 g/mol. The molecule has 2 N–H and O–H groups in total. The van der Waals surface area contributed by atoms with Gasteiger partial charge in [-0.3, -0.25) is 0 Å². The number of nitriles is 1. The van der Waals surface area contributed by atoms with E-state index in [0.717, 1.165) is 24.1 Å². The zero-order valence-corrected chi connectivity index (χ0v) is 7.90. The summed E-state index contributed by atoms with van der Waals surface area (Å²) < 4.78 is 0. The van der Waals surface area contributed by atoms with Crippen LogP contribution in [-0.4, -0.2) is 0 Å². The Bertz CT molecular complexity index is 413. The number of benzene rings is 1. The molecule has 0 amide bonds. The predicted octanol–water partition coefficient (Wildman–Crippen LogP) is 2.57. The van der Waals surface area contributed by atoms with Crippen LogP contribution in [0.25, 0.3) is 0 Å². The molecule has 1 aromatic rings. The van der Waals surface area contributed by atoms with Crippen molar-refractivity contribution in [3.05, 3.63) is 41.5 Å². The van der Waals surface area contributed by atoms with Gasteiger partial charge in [0.05, 0.1) is 11.6 Å². The molecule has 0 aliphatic heterocycles. The molecule has 0 saturated carbocycles. The first-order chi connectivity index (χ1) is 6.83. The Morgan fingerprint density at radius 3 is 2.93 bits per heavy atom. The molecule has 1 aliphatic carbocycles. The summed E-state index contributed by atoms with van der Waals surface area (Å²) in [6, 6.07) is 7.72. The molecule has 0 radical (unpaired) electrons. The first-order valence-electron chi connectivity index (χ1n) is 4.78. The van der Waals surface area contributed by atoms with Crippen LogP contribution in [-0.2, 0) is 0 Å². The van der Waals surface area contributed by atoms with Crippen LogP contribution in [0.2, 0.25) is 0 Å². The number of nitrogens with zero attached hydrogens (tertiary/aromatic N) is 1. The van der Waals surface area contributed by atoms with Gasteiger partial charge in [0.2, 0.25) is 0 Å². The van der Waals surface area contributed by atoms with Crippen molar-refractivity contribution < 1.29 is 0 Å². The number of rotatable bonds is 1. The van der Waals surface area contributed by atoms with E-state index in [-0.39, 0.29) is 0 Å². The maximum atomic E-state index is 8.97. The number of nitrogens with two attached hydrogens (primary N) is 1. The van der Waals surface area contributed by atoms with E-state index in [2.05, 4.69) is 18.2 Å². The highest BCUT2D eigenvalue weighted by atomic mass is 14.6. The average molecular weight is 184 g/mol. The Kier molecular flexibility index (Phi) is 2.24. The minimum absolute atomic E-state index is 0.339. The quantitative estimate of drug-likeness (QED) is 0.538. The lowest BCUT2D eigenvalue weighted by Gasteiger charge is -2.12. The SMILES string of the molecule is N#Cc1cccc(N)c1C1C=CCC1. The van der Waals surface area contributed by atoms with Gasteiger partial charge in [-0.1, -0.05) is 18.2 Å². The summed E-state index contributed by atoms with van der Waals surface area (Å²) in [6.07, 6.45) is 6.46. The van der Waals surface area contributed by atoms with Gasteiger partial charge in [-0.25, -0.2) is 0 Å². The van der Waals surface area contributed by atoms with Gasteiger partial charge in [0.1, 0.15) is 0 Å². The number of hydrogen-bond acceptors (Lipinski definition) is 2. The summed E-state index contributed by atoms with van der Waals surface area (Å²) in [7, 11) is 0. The number of hydrogen-bond donors (Lipinski definition) is 1. The van der Waals surface area contributed by atoms with E-state index in [1.54, 1.807) is 0 Å². The molecular weight excluding hydrogens is 172 g/mol. The van der Waals surface area contributed by atoms with Crippen LogP contribution in [0.5, 0.6) is 0 Å². The van der Waals surface area contributed by atoms with Crippen molar-refractivity contribution in [3.63, 3.8) is 0 Å². The van der Waals surface area contributed by atoms with Crippen LogP contribution in [0.15, 0.2) is 30.4 Å². The molecule has 0 heterocycles. The lowest BCUT2D eigenvalue weighted by Crippen LogP contribution is -2.01. The van der Waals surface area contributed by atoms with Gasteiger partial charge in [0, 0.05) is 11.6 Å². The average Bonchev–Trinajstić information content (AvgIpc) is 2.70. The summed E-state index contributed by atoms with van der Waals surface area (Å²) in [6.45, 7) is 0. The maximum absolute atomic E-state index is 8.97. The molecule has 2 nitrogen and oxygen atoms in total. The van der Waals surface area contributed by atoms with Crippen LogP contribution in [0, 0.1) is 11.3 Å². The highest BCUT2D eigenvalue weighted by Gasteiger charge is 2.17. The second-order valence-electron chi connectivity index (χ2n) is 3.53. The van der Waals surface area contributed by atoms with Crippen LogP contribution >= 0.6 is 0 Å². The Hall–Kier alpha value is -1.75. The van der Waals surface area contributed by atoms with Crippen molar-refractivity contribution in [1.82, 2.24) is 0 Å². The lowest BCUT2D eigenvalue weighted by molar-refractivity contribution is 0.801. The molecule has 2 rings (SSSR count). The van der Waals surface area contributed by atoms with Gasteiger partial charge >= 0.3 is 0 Å². The second-order valence-corrected chi connectivity index (χ2v) is 3.53. The number of allylic oxidation sites excluding steroid dienone is 2. The van der Waals surface area contributed by atoms with Crippen LogP contribution < -0.4 is 5.73 Å². The largest absolute Gasteiger partial charge is 0.398 e. The number of anilines is 1. The van der Waals surface area contributed by atoms with Gasteiger partial charge in [-0.15, -0.1) is 0 Å². The van der Waals surface area contributed by atoms with Crippen molar-refractivity contribution in [2.45, 2.75) is 18.8 Å². The van der Waals surface area contributed by atoms with E-state index < -0.39 is 0 Å². The molecule has 1 unspecified atom stereocenters. The molecule has 2 heteroatoms. The van der Waals surface area contributed by atoms with Crippen LogP contribution in [0.3, 0.4) is 0 Å². The fourth-order valence-corrected chi connectivity index (χ4v) is 1.97. The van der Waals surface area contributed by atoms with Crippen molar-refractivity contribution >= 4 is 5.69 Å². The van der Waals surface area contributed by atoms with E-state index in [1.165, 1.54) is 0 Å². The molecular formula is C12H12N2. The molecule has 0 fully saturated rings. The van der Waals surface area contributed by atoms with E-state index in [1.807, 2.05) is 18.2 Å². The fraction of sp³-hybridized carbons (Fsp3) is 0.250. The summed E-state index contributed by atoms with van der Waals surface area (Å²) in [5.41, 5.74) is 8.34. The molecule has 0 saturated heterocycles. The minimum atomic E-state index is 0.339. The molecule has 0 spiro atoms. The normalized spacial score (nSPS) is 19.5. The molecule has 1 aromatic carbocycles. The Labute approximate surface area is 83.7 Å². The van der Waals surface area contributed by atoms with E-state index in [0.29, 0.717) is 11.5 Å². The Balaban J connectivity index is 2.50. The third-order valence-electron chi connectivity index (χ3n) is 2.64. The highest BCUT2D eigenvalue weighted by Crippen LogP contribution is 2.34. The van der Waals surface area contributed by atoms with Crippen molar-refractivity contribution in [2.75, 3.05) is 5.73 Å². The Morgan fingerprint density at radius 1 is 1.43 bits per heavy atom. The maximum Gasteiger partial charge on any atom is 0.0995 e. The van der Waals surface area contributed by atoms with Crippen molar-refractivity contribution in [1.29, 1.82) is 5.26 Å². The summed E-state index contributed by atoms with van der Waals surface area (Å²) in [4.78, 5) is 0. The first kappa shape index (κ1) is 8.83. The van der Waals surface area contributed by atoms with Crippen molar-refractivity contribution in [3.8, 4) is 6.07 Å². The van der Waals surface area contributed by atoms with Gasteiger partial charge in [0.15, 0.2) is 0 Å². The molecule has 1 atom stereocenters. The van der Waals surface area contributed by atoms with E-state index in [4.69, 9.17) is 11.0 Å². The van der Waals surface area contributed by atoms with Gasteiger partial charge in [0.25, 0.3) is 0 Å². The minimum Gasteiger partial charge on any atom is -0.398 e. The molecule has 0 aromatic heterocycles. The highest BCUT2D eigenvalue weighted by molar-refractivity contribution is 5.58. The van der Waals surface area contributed by atoms with Crippen molar-refractivity contribution in [2.24, 2.45) is 0 Å². The summed E-state index contributed by atoms with van der Waals surface area (Å²) in [5, 5.41) is 8.97. The zero-order valence-electron chi connectivity index (χ0n) is 7.90. The van der Waals surface area contributed by atoms with E-state index in [9.17, 15) is 0 Å². The Morgan fingerprint density at radius 2 is 2.29 bits per heavy atom. The molecule has 1 aliphatic rings. The summed E-state index contributed by atoms with van der Waals surface area (Å²) >= 11 is 0. The van der Waals surface area contributed by atoms with Crippen LogP contribution in [0.4, 0.5) is 5.69 Å². The van der Waals surface area contributed by atoms with E-state index >= 15 is 0 Å². The third kappa shape index (κ3) is 1.38. The van der Waals surface area contributed by atoms with Crippen LogP contribution in [0.1, 0.15) is 29.9 Å². The predicted molar refractivity (Wildman–Crippen MR) is 56.7 cm³/mol. The first-order valence-corrected chi connectivity index (χ1v) is 4.78. The topological polar surface area (TPSA) is 49.8 Å². The standard InChI is InChI=1S/C12H12N2/c13-8-10-6-3-7-11(14)12(10)9-4-1-2-5-9/h1,3-4,6-7,9H,2,5,14H2. The van der Waals surface area contributed by atoms with Gasteiger partial charge < -0.3 is 5.73 Å². The van der Waals surface area contributed by atoms with Gasteiger partial charge in [-0.05, 0) is 30.5 Å². The smallest absolute Gasteiger partial charge is 0.0995 e.